The van der Waals surface area contributed by atoms with Gasteiger partial charge in [0.15, 0.2) is 5.11 Å². The van der Waals surface area contributed by atoms with E-state index < -0.39 is 5.66 Å². The molecule has 1 amide bonds. The molecule has 0 radical (unpaired) electrons. The number of nitrogens with zero attached hydrogens (tertiary/aromatic N) is 2. The van der Waals surface area contributed by atoms with E-state index in [2.05, 4.69) is 20.9 Å². The Morgan fingerprint density at radius 1 is 1.05 bits per heavy atom. The van der Waals surface area contributed by atoms with E-state index in [9.17, 15) is 4.79 Å². The number of nitrogens with two attached hydrogens (primary N) is 1. The minimum Gasteiger partial charge on any atom is -0.370 e. The fourth-order valence-electron chi connectivity index (χ4n) is 1.60. The van der Waals surface area contributed by atoms with E-state index in [0.717, 1.165) is 32.2 Å². The van der Waals surface area contributed by atoms with Crippen molar-refractivity contribution in [3.63, 3.8) is 0 Å². The Kier molecular flexibility index (Phi) is 9.16. The lowest BCUT2D eigenvalue weighted by Gasteiger charge is -2.24. The van der Waals surface area contributed by atoms with Crippen LogP contribution in [0, 0.1) is 0 Å². The summed E-state index contributed by atoms with van der Waals surface area (Å²) in [5.74, 6) is -0.227. The number of amides is 1. The lowest BCUT2D eigenvalue weighted by molar-refractivity contribution is -0.118. The zero-order chi connectivity index (χ0) is 17.2. The zero-order valence-corrected chi connectivity index (χ0v) is 15.3. The number of rotatable bonds is 9. The molecule has 128 valence electrons. The van der Waals surface area contributed by atoms with E-state index in [1.165, 1.54) is 0 Å². The number of nitrogens with one attached hydrogen (secondary N) is 2. The molecule has 0 aromatic rings. The van der Waals surface area contributed by atoms with Crippen LogP contribution in [0.2, 0.25) is 0 Å². The zero-order valence-electron chi connectivity index (χ0n) is 14.5. The monoisotopic (exact) mass is 329 g/mol. The van der Waals surface area contributed by atoms with Crippen molar-refractivity contribution in [3.8, 4) is 0 Å². The third kappa shape index (κ3) is 13.7. The molecular formula is C15H31N5OS. The molecule has 6 nitrogen and oxygen atoms in total. The van der Waals surface area contributed by atoms with Gasteiger partial charge in [0.2, 0.25) is 5.91 Å². The topological polar surface area (TPSA) is 91.9 Å². The highest BCUT2D eigenvalue weighted by Gasteiger charge is 2.19. The highest BCUT2D eigenvalue weighted by molar-refractivity contribution is 7.80. The summed E-state index contributed by atoms with van der Waals surface area (Å²) in [6, 6.07) is 0. The van der Waals surface area contributed by atoms with E-state index in [0.29, 0.717) is 11.5 Å². The first-order valence-corrected chi connectivity index (χ1v) is 8.21. The van der Waals surface area contributed by atoms with Crippen LogP contribution in [0.5, 0.6) is 0 Å². The Bertz CT molecular complexity index is 388. The van der Waals surface area contributed by atoms with Gasteiger partial charge in [-0.3, -0.25) is 4.79 Å². The van der Waals surface area contributed by atoms with Crippen molar-refractivity contribution < 1.29 is 4.79 Å². The number of carbonyl (C=O) groups is 1. The van der Waals surface area contributed by atoms with Gasteiger partial charge in [0.25, 0.3) is 0 Å². The predicted octanol–water partition coefficient (Wildman–Crippen LogP) is 2.87. The van der Waals surface area contributed by atoms with E-state index in [4.69, 9.17) is 18.0 Å². The molecule has 7 heteroatoms. The highest BCUT2D eigenvalue weighted by Crippen LogP contribution is 2.12. The van der Waals surface area contributed by atoms with Crippen LogP contribution in [0.3, 0.4) is 0 Å². The van der Waals surface area contributed by atoms with Gasteiger partial charge >= 0.3 is 0 Å². The number of azo groups is 1. The van der Waals surface area contributed by atoms with E-state index in [-0.39, 0.29) is 11.4 Å². The molecule has 22 heavy (non-hydrogen) atoms. The molecule has 0 aliphatic heterocycles. The molecule has 0 rings (SSSR count). The lowest BCUT2D eigenvalue weighted by Crippen LogP contribution is -2.47. The number of thiocarbonyl (C=S) groups is 1. The number of primary amides is 1. The minimum atomic E-state index is -0.529. The molecule has 0 aromatic carbocycles. The maximum Gasteiger partial charge on any atom is 0.217 e. The molecule has 0 fully saturated rings. The van der Waals surface area contributed by atoms with Crippen molar-refractivity contribution in [1.82, 2.24) is 10.6 Å². The molecule has 4 N–H and O–H groups in total. The van der Waals surface area contributed by atoms with Gasteiger partial charge in [-0.1, -0.05) is 12.8 Å². The largest absolute Gasteiger partial charge is 0.370 e. The van der Waals surface area contributed by atoms with Gasteiger partial charge in [0.1, 0.15) is 5.66 Å². The van der Waals surface area contributed by atoms with Gasteiger partial charge in [-0.25, -0.2) is 0 Å². The highest BCUT2D eigenvalue weighted by atomic mass is 32.1. The Balaban J connectivity index is 3.85. The summed E-state index contributed by atoms with van der Waals surface area (Å²) in [7, 11) is 0. The second-order valence-electron chi connectivity index (χ2n) is 6.94. The second-order valence-corrected chi connectivity index (χ2v) is 7.35. The van der Waals surface area contributed by atoms with Crippen LogP contribution in [-0.4, -0.2) is 28.8 Å². The first-order valence-electron chi connectivity index (χ1n) is 7.80. The van der Waals surface area contributed by atoms with Crippen LogP contribution >= 0.6 is 12.2 Å². The van der Waals surface area contributed by atoms with Crippen molar-refractivity contribution in [2.75, 3.05) is 6.54 Å². The Hall–Kier alpha value is -1.24. The van der Waals surface area contributed by atoms with Crippen molar-refractivity contribution in [2.24, 2.45) is 16.0 Å². The number of hydrogen-bond donors (Lipinski definition) is 3. The quantitative estimate of drug-likeness (QED) is 0.344. The number of carbonyl (C=O) groups excluding carboxylic acids is 1. The van der Waals surface area contributed by atoms with Crippen LogP contribution in [-0.2, 0) is 4.79 Å². The third-order valence-corrected chi connectivity index (χ3v) is 2.90. The summed E-state index contributed by atoms with van der Waals surface area (Å²) < 4.78 is 0. The fourth-order valence-corrected chi connectivity index (χ4v) is 1.95. The Labute approximate surface area is 139 Å². The van der Waals surface area contributed by atoms with Crippen molar-refractivity contribution >= 4 is 23.2 Å². The first kappa shape index (κ1) is 20.8. The number of unbranched alkanes of at least 4 members (excludes halogenated alkanes) is 3. The summed E-state index contributed by atoms with van der Waals surface area (Å²) in [5.41, 5.74) is 4.37. The minimum absolute atomic E-state index is 0.196. The van der Waals surface area contributed by atoms with Crippen molar-refractivity contribution in [3.05, 3.63) is 0 Å². The normalized spacial score (nSPS) is 12.4. The smallest absolute Gasteiger partial charge is 0.217 e. The molecule has 0 atom stereocenters. The SMILES string of the molecule is CC(C)(C)/N=N/C(C)(C)NC(=S)NCCCCCCC(N)=O. The van der Waals surface area contributed by atoms with E-state index in [1.807, 2.05) is 34.6 Å². The van der Waals surface area contributed by atoms with Gasteiger partial charge < -0.3 is 16.4 Å². The van der Waals surface area contributed by atoms with Crippen molar-refractivity contribution in [1.29, 1.82) is 0 Å². The summed E-state index contributed by atoms with van der Waals surface area (Å²) in [4.78, 5) is 10.6. The molecule has 0 spiro atoms. The molecule has 0 heterocycles. The summed E-state index contributed by atoms with van der Waals surface area (Å²) in [5, 5.41) is 15.4. The van der Waals surface area contributed by atoms with Crippen molar-refractivity contribution in [2.45, 2.75) is 77.9 Å². The predicted molar refractivity (Wildman–Crippen MR) is 94.7 cm³/mol. The van der Waals surface area contributed by atoms with Crippen LogP contribution in [0.15, 0.2) is 10.2 Å². The Morgan fingerprint density at radius 3 is 2.18 bits per heavy atom. The Morgan fingerprint density at radius 2 is 1.64 bits per heavy atom. The fraction of sp³-hybridized carbons (Fsp3) is 0.867. The van der Waals surface area contributed by atoms with Gasteiger partial charge in [-0.05, 0) is 59.7 Å². The average molecular weight is 330 g/mol. The molecule has 0 aliphatic carbocycles. The molecule has 0 saturated heterocycles. The van der Waals surface area contributed by atoms with E-state index in [1.54, 1.807) is 0 Å². The molecule has 0 bridgehead atoms. The molecule has 0 saturated carbocycles. The first-order chi connectivity index (χ1) is 10.0. The second kappa shape index (κ2) is 9.71. The summed E-state index contributed by atoms with van der Waals surface area (Å²) >= 11 is 5.26. The van der Waals surface area contributed by atoms with Crippen LogP contribution < -0.4 is 16.4 Å². The van der Waals surface area contributed by atoms with Crippen LogP contribution in [0.25, 0.3) is 0 Å². The third-order valence-electron chi connectivity index (χ3n) is 2.65. The standard InChI is InChI=1S/C15H31N5OS/c1-14(2,3)19-20-15(4,5)18-13(22)17-11-9-7-6-8-10-12(16)21/h6-11H2,1-5H3,(H2,16,21)(H2,17,18,22)/b20-19+. The average Bonchev–Trinajstić information content (AvgIpc) is 2.34. The molecule has 0 aromatic heterocycles. The number of hydrogen-bond acceptors (Lipinski definition) is 4. The van der Waals surface area contributed by atoms with Crippen LogP contribution in [0.4, 0.5) is 0 Å². The maximum absolute atomic E-state index is 10.6. The summed E-state index contributed by atoms with van der Waals surface area (Å²) in [6.07, 6.45) is 4.40. The van der Waals surface area contributed by atoms with Crippen LogP contribution in [0.1, 0.15) is 66.7 Å². The molecule has 0 aliphatic rings. The molecule has 0 unspecified atom stereocenters. The molecular weight excluding hydrogens is 298 g/mol. The van der Waals surface area contributed by atoms with Gasteiger partial charge in [0.05, 0.1) is 5.54 Å². The van der Waals surface area contributed by atoms with Gasteiger partial charge in [0, 0.05) is 13.0 Å². The lowest BCUT2D eigenvalue weighted by atomic mass is 10.1. The van der Waals surface area contributed by atoms with Gasteiger partial charge in [-0.2, -0.15) is 10.2 Å². The summed E-state index contributed by atoms with van der Waals surface area (Å²) in [6.45, 7) is 10.7. The van der Waals surface area contributed by atoms with Gasteiger partial charge in [-0.15, -0.1) is 0 Å². The maximum atomic E-state index is 10.6. The van der Waals surface area contributed by atoms with E-state index >= 15 is 0 Å².